The molecule has 2 N–H and O–H groups in total. The zero-order valence-electron chi connectivity index (χ0n) is 12.5. The average Bonchev–Trinajstić information content (AvgIpc) is 2.84. The van der Waals surface area contributed by atoms with Gasteiger partial charge < -0.3 is 9.67 Å². The molecule has 0 unspecified atom stereocenters. The summed E-state index contributed by atoms with van der Waals surface area (Å²) in [7, 11) is 0. The molecule has 23 heavy (non-hydrogen) atoms. The highest BCUT2D eigenvalue weighted by atomic mass is 35.5. The molecule has 0 bridgehead atoms. The number of para-hydroxylation sites is 1. The zero-order valence-corrected chi connectivity index (χ0v) is 13.3. The Labute approximate surface area is 136 Å². The smallest absolute Gasteiger partial charge is 0.274 e. The molecule has 0 aliphatic heterocycles. The highest BCUT2D eigenvalue weighted by molar-refractivity contribution is 6.32. The van der Waals surface area contributed by atoms with Crippen LogP contribution in [0.4, 0.5) is 0 Å². The van der Waals surface area contributed by atoms with E-state index in [0.29, 0.717) is 40.3 Å². The minimum absolute atomic E-state index is 0.0130. The van der Waals surface area contributed by atoms with E-state index in [9.17, 15) is 9.59 Å². The Kier molecular flexibility index (Phi) is 4.11. The molecule has 0 amide bonds. The first-order valence-corrected chi connectivity index (χ1v) is 7.63. The molecule has 0 spiro atoms. The number of fused-ring (bicyclic) bond motifs is 1. The van der Waals surface area contributed by atoms with Crippen molar-refractivity contribution in [1.29, 1.82) is 0 Å². The van der Waals surface area contributed by atoms with Gasteiger partial charge in [0.15, 0.2) is 0 Å². The number of nitrogens with one attached hydrogen (secondary N) is 1. The van der Waals surface area contributed by atoms with E-state index >= 15 is 0 Å². The van der Waals surface area contributed by atoms with Crippen molar-refractivity contribution < 1.29 is 5.11 Å². The molecular formula is C16H16ClN3O3. The number of hydrogen-bond acceptors (Lipinski definition) is 3. The van der Waals surface area contributed by atoms with E-state index in [1.807, 2.05) is 0 Å². The van der Waals surface area contributed by atoms with Gasteiger partial charge in [-0.05, 0) is 25.5 Å². The summed E-state index contributed by atoms with van der Waals surface area (Å²) in [5, 5.41) is 12.6. The lowest BCUT2D eigenvalue weighted by molar-refractivity contribution is 0.278. The minimum Gasteiger partial charge on any atom is -0.396 e. The second-order valence-electron chi connectivity index (χ2n) is 5.28. The molecule has 0 atom stereocenters. The fourth-order valence-electron chi connectivity index (χ4n) is 2.76. The van der Waals surface area contributed by atoms with Crippen LogP contribution in [0.3, 0.4) is 0 Å². The molecule has 7 heteroatoms. The summed E-state index contributed by atoms with van der Waals surface area (Å²) >= 11 is 6.19. The van der Waals surface area contributed by atoms with Crippen LogP contribution in [-0.4, -0.2) is 26.1 Å². The largest absolute Gasteiger partial charge is 0.396 e. The number of nitrogens with zero attached hydrogens (tertiary/aromatic N) is 2. The van der Waals surface area contributed by atoms with Crippen LogP contribution in [0.1, 0.15) is 12.1 Å². The van der Waals surface area contributed by atoms with Crippen LogP contribution in [0.2, 0.25) is 5.02 Å². The molecule has 0 aliphatic rings. The Balaban J connectivity index is 2.31. The molecule has 6 nitrogen and oxygen atoms in total. The monoisotopic (exact) mass is 333 g/mol. The second-order valence-corrected chi connectivity index (χ2v) is 5.69. The van der Waals surface area contributed by atoms with E-state index in [0.717, 1.165) is 0 Å². The number of halogens is 1. The number of aliphatic hydroxyl groups is 1. The van der Waals surface area contributed by atoms with Gasteiger partial charge in [-0.1, -0.05) is 23.7 Å². The maximum absolute atomic E-state index is 12.4. The minimum atomic E-state index is -0.282. The first-order chi connectivity index (χ1) is 11.0. The van der Waals surface area contributed by atoms with Gasteiger partial charge in [0.25, 0.3) is 11.1 Å². The van der Waals surface area contributed by atoms with E-state index in [4.69, 9.17) is 16.7 Å². The van der Waals surface area contributed by atoms with Gasteiger partial charge in [0.1, 0.15) is 0 Å². The van der Waals surface area contributed by atoms with Gasteiger partial charge in [-0.3, -0.25) is 19.4 Å². The number of aliphatic hydroxyl groups excluding tert-OH is 1. The van der Waals surface area contributed by atoms with Crippen molar-refractivity contribution >= 4 is 22.5 Å². The van der Waals surface area contributed by atoms with Gasteiger partial charge in [-0.2, -0.15) is 0 Å². The summed E-state index contributed by atoms with van der Waals surface area (Å²) in [6.07, 6.45) is 0.454. The lowest BCUT2D eigenvalue weighted by atomic mass is 10.2. The number of aromatic nitrogens is 3. The fourth-order valence-corrected chi connectivity index (χ4v) is 2.98. The third kappa shape index (κ3) is 2.60. The maximum atomic E-state index is 12.4. The van der Waals surface area contributed by atoms with Crippen molar-refractivity contribution in [3.63, 3.8) is 0 Å². The predicted molar refractivity (Wildman–Crippen MR) is 89.6 cm³/mol. The first-order valence-electron chi connectivity index (χ1n) is 7.25. The lowest BCUT2D eigenvalue weighted by Gasteiger charge is -2.11. The highest BCUT2D eigenvalue weighted by Gasteiger charge is 2.16. The van der Waals surface area contributed by atoms with Crippen molar-refractivity contribution in [2.75, 3.05) is 6.61 Å². The summed E-state index contributed by atoms with van der Waals surface area (Å²) in [5.41, 5.74) is 1.17. The van der Waals surface area contributed by atoms with E-state index in [1.54, 1.807) is 31.2 Å². The molecule has 2 heterocycles. The Morgan fingerprint density at radius 1 is 1.26 bits per heavy atom. The number of aromatic amines is 1. The number of benzene rings is 1. The van der Waals surface area contributed by atoms with Crippen molar-refractivity contribution in [2.24, 2.45) is 0 Å². The Morgan fingerprint density at radius 2 is 2.00 bits per heavy atom. The Hall–Kier alpha value is -2.31. The van der Waals surface area contributed by atoms with Gasteiger partial charge >= 0.3 is 0 Å². The molecule has 3 aromatic rings. The van der Waals surface area contributed by atoms with Crippen LogP contribution in [-0.2, 0) is 6.54 Å². The summed E-state index contributed by atoms with van der Waals surface area (Å²) < 4.78 is 3.04. The van der Waals surface area contributed by atoms with Crippen LogP contribution in [0.25, 0.3) is 16.6 Å². The molecule has 0 fully saturated rings. The summed E-state index contributed by atoms with van der Waals surface area (Å²) in [5.74, 6) is 0. The fraction of sp³-hybridized carbons (Fsp3) is 0.250. The molecule has 0 saturated heterocycles. The summed E-state index contributed by atoms with van der Waals surface area (Å²) in [4.78, 5) is 24.7. The third-order valence-corrected chi connectivity index (χ3v) is 4.18. The van der Waals surface area contributed by atoms with Crippen molar-refractivity contribution in [3.05, 3.63) is 61.8 Å². The van der Waals surface area contributed by atoms with Crippen LogP contribution < -0.4 is 11.1 Å². The molecule has 2 aromatic heterocycles. The molecule has 0 aliphatic carbocycles. The van der Waals surface area contributed by atoms with E-state index in [2.05, 4.69) is 5.10 Å². The number of rotatable bonds is 4. The van der Waals surface area contributed by atoms with Gasteiger partial charge in [-0.15, -0.1) is 0 Å². The molecule has 0 saturated carbocycles. The van der Waals surface area contributed by atoms with Crippen molar-refractivity contribution in [2.45, 2.75) is 19.9 Å². The quantitative estimate of drug-likeness (QED) is 0.764. The molecule has 0 radical (unpaired) electrons. The zero-order chi connectivity index (χ0) is 16.6. The molecule has 3 rings (SSSR count). The van der Waals surface area contributed by atoms with Crippen molar-refractivity contribution in [1.82, 2.24) is 14.3 Å². The van der Waals surface area contributed by atoms with Gasteiger partial charge in [0.05, 0.1) is 21.6 Å². The topological polar surface area (TPSA) is 80.0 Å². The lowest BCUT2D eigenvalue weighted by Crippen LogP contribution is -2.23. The van der Waals surface area contributed by atoms with Crippen LogP contribution in [0, 0.1) is 6.92 Å². The third-order valence-electron chi connectivity index (χ3n) is 3.86. The normalized spacial score (nSPS) is 11.3. The van der Waals surface area contributed by atoms with Gasteiger partial charge in [-0.25, -0.2) is 0 Å². The van der Waals surface area contributed by atoms with Gasteiger partial charge in [0, 0.05) is 24.9 Å². The van der Waals surface area contributed by atoms with E-state index in [-0.39, 0.29) is 17.7 Å². The molecular weight excluding hydrogens is 318 g/mol. The molecule has 1 aromatic carbocycles. The second kappa shape index (κ2) is 6.06. The van der Waals surface area contributed by atoms with Crippen molar-refractivity contribution in [3.8, 4) is 5.69 Å². The summed E-state index contributed by atoms with van der Waals surface area (Å²) in [6.45, 7) is 2.09. The Bertz CT molecular complexity index is 984. The number of pyridine rings is 1. The highest BCUT2D eigenvalue weighted by Crippen LogP contribution is 2.23. The standard InChI is InChI=1S/C16H16ClN3O3/c1-10-15-13(9-14(22)19(10)7-4-8-21)20(18-16(15)23)12-6-3-2-5-11(12)17/h2-3,5-6,9,21H,4,7-8H2,1H3,(H,18,23). The first kappa shape index (κ1) is 15.6. The average molecular weight is 334 g/mol. The predicted octanol–water partition coefficient (Wildman–Crippen LogP) is 1.82. The van der Waals surface area contributed by atoms with Gasteiger partial charge in [0.2, 0.25) is 0 Å². The van der Waals surface area contributed by atoms with Crippen LogP contribution >= 0.6 is 11.6 Å². The van der Waals surface area contributed by atoms with Crippen LogP contribution in [0.5, 0.6) is 0 Å². The van der Waals surface area contributed by atoms with Crippen LogP contribution in [0.15, 0.2) is 39.9 Å². The number of hydrogen-bond donors (Lipinski definition) is 2. The Morgan fingerprint density at radius 3 is 2.70 bits per heavy atom. The summed E-state index contributed by atoms with van der Waals surface area (Å²) in [6, 6.07) is 8.51. The maximum Gasteiger partial charge on any atom is 0.274 e. The van der Waals surface area contributed by atoms with E-state index in [1.165, 1.54) is 15.3 Å². The number of aryl methyl sites for hydroxylation is 1. The number of H-pyrrole nitrogens is 1. The molecule has 120 valence electrons. The van der Waals surface area contributed by atoms with E-state index < -0.39 is 0 Å². The SMILES string of the molecule is Cc1c2c(=O)[nH]n(-c3ccccc3Cl)c2cc(=O)n1CCCO.